The summed E-state index contributed by atoms with van der Waals surface area (Å²) in [6.07, 6.45) is 1.42. The van der Waals surface area contributed by atoms with Gasteiger partial charge in [-0.2, -0.15) is 0 Å². The molecule has 1 aliphatic rings. The molecular formula is C21H26N2O3S. The number of nitrogens with zero attached hydrogens (tertiary/aromatic N) is 1. The molecule has 0 aromatic heterocycles. The van der Waals surface area contributed by atoms with Gasteiger partial charge in [-0.15, -0.1) is 0 Å². The van der Waals surface area contributed by atoms with E-state index in [0.29, 0.717) is 13.0 Å². The van der Waals surface area contributed by atoms with Crippen molar-refractivity contribution in [2.45, 2.75) is 43.7 Å². The van der Waals surface area contributed by atoms with Crippen LogP contribution < -0.4 is 4.72 Å². The van der Waals surface area contributed by atoms with E-state index in [1.165, 1.54) is 0 Å². The van der Waals surface area contributed by atoms with Gasteiger partial charge in [-0.3, -0.25) is 0 Å². The first-order chi connectivity index (χ1) is 13.0. The van der Waals surface area contributed by atoms with Gasteiger partial charge in [0, 0.05) is 12.5 Å². The lowest BCUT2D eigenvalue weighted by Gasteiger charge is -2.19. The molecule has 5 nitrogen and oxygen atoms in total. The molecule has 1 N–H and O–H groups in total. The predicted molar refractivity (Wildman–Crippen MR) is 107 cm³/mol. The molecule has 3 rings (SSSR count). The zero-order chi connectivity index (χ0) is 19.3. The maximum absolute atomic E-state index is 12.3. The van der Waals surface area contributed by atoms with E-state index in [4.69, 9.17) is 9.73 Å². The van der Waals surface area contributed by atoms with Crippen LogP contribution in [0.2, 0.25) is 0 Å². The number of benzene rings is 2. The zero-order valence-electron chi connectivity index (χ0n) is 15.7. The predicted octanol–water partition coefficient (Wildman–Crippen LogP) is 3.94. The van der Waals surface area contributed by atoms with Crippen molar-refractivity contribution in [3.05, 3.63) is 66.2 Å². The molecular weight excluding hydrogens is 360 g/mol. The first kappa shape index (κ1) is 19.6. The molecule has 2 aromatic rings. The van der Waals surface area contributed by atoms with Gasteiger partial charge in [-0.25, -0.2) is 18.1 Å². The highest BCUT2D eigenvalue weighted by Crippen LogP contribution is 2.32. The van der Waals surface area contributed by atoms with Crippen LogP contribution in [0.1, 0.15) is 38.4 Å². The molecule has 3 atom stereocenters. The van der Waals surface area contributed by atoms with E-state index in [-0.39, 0.29) is 23.0 Å². The molecule has 2 aromatic carbocycles. The Balaban J connectivity index is 1.59. The number of ether oxygens (including phenoxy) is 1. The Morgan fingerprint density at radius 1 is 1.07 bits per heavy atom. The second-order valence-corrected chi connectivity index (χ2v) is 8.53. The smallest absolute Gasteiger partial charge is 0.240 e. The van der Waals surface area contributed by atoms with E-state index in [9.17, 15) is 8.42 Å². The van der Waals surface area contributed by atoms with Crippen LogP contribution in [-0.4, -0.2) is 26.9 Å². The maximum atomic E-state index is 12.3. The van der Waals surface area contributed by atoms with Crippen molar-refractivity contribution in [3.63, 3.8) is 0 Å². The van der Waals surface area contributed by atoms with E-state index in [2.05, 4.69) is 30.7 Å². The third-order valence-electron chi connectivity index (χ3n) is 4.83. The van der Waals surface area contributed by atoms with Crippen LogP contribution in [-0.2, 0) is 14.8 Å². The fraction of sp³-hybridized carbons (Fsp3) is 0.381. The number of aliphatic imine (C=N–C) groups is 1. The van der Waals surface area contributed by atoms with Crippen LogP contribution >= 0.6 is 0 Å². The molecule has 1 aliphatic heterocycles. The number of hydrogen-bond donors (Lipinski definition) is 1. The Morgan fingerprint density at radius 2 is 1.70 bits per heavy atom. The zero-order valence-corrected chi connectivity index (χ0v) is 16.5. The lowest BCUT2D eigenvalue weighted by molar-refractivity contribution is 0.188. The topological polar surface area (TPSA) is 67.8 Å². The highest BCUT2D eigenvalue weighted by molar-refractivity contribution is 7.89. The number of nitrogens with one attached hydrogen (secondary N) is 1. The van der Waals surface area contributed by atoms with Gasteiger partial charge in [0.1, 0.15) is 6.10 Å². The van der Waals surface area contributed by atoms with Crippen molar-refractivity contribution in [2.24, 2.45) is 10.9 Å². The normalized spacial score (nSPS) is 20.7. The van der Waals surface area contributed by atoms with Crippen LogP contribution in [0.4, 0.5) is 0 Å². The monoisotopic (exact) mass is 386 g/mol. The van der Waals surface area contributed by atoms with Crippen molar-refractivity contribution in [1.82, 2.24) is 4.72 Å². The van der Waals surface area contributed by atoms with Crippen molar-refractivity contribution in [2.75, 3.05) is 6.54 Å². The summed E-state index contributed by atoms with van der Waals surface area (Å²) < 4.78 is 33.5. The minimum absolute atomic E-state index is 0.0532. The highest BCUT2D eigenvalue weighted by atomic mass is 32.2. The SMILES string of the molecule is CC[C@H](CCNS(=O)(=O)c1ccccc1)C1=N[C@@H](C)[C@@H](c2ccccc2)O1. The summed E-state index contributed by atoms with van der Waals surface area (Å²) in [7, 11) is -3.48. The van der Waals surface area contributed by atoms with E-state index >= 15 is 0 Å². The maximum Gasteiger partial charge on any atom is 0.240 e. The minimum atomic E-state index is -3.48. The number of hydrogen-bond acceptors (Lipinski definition) is 4. The fourth-order valence-electron chi connectivity index (χ4n) is 3.27. The van der Waals surface area contributed by atoms with Gasteiger partial charge < -0.3 is 4.74 Å². The van der Waals surface area contributed by atoms with Gasteiger partial charge in [0.05, 0.1) is 10.9 Å². The standard InChI is InChI=1S/C21H26N2O3S/c1-3-17(14-15-22-27(24,25)19-12-8-5-9-13-19)21-23-16(2)20(26-21)18-10-6-4-7-11-18/h4-13,16-17,20,22H,3,14-15H2,1-2H3/t16-,17+,20-/m0/s1. The minimum Gasteiger partial charge on any atom is -0.470 e. The summed E-state index contributed by atoms with van der Waals surface area (Å²) in [6.45, 7) is 4.47. The van der Waals surface area contributed by atoms with Crippen molar-refractivity contribution in [3.8, 4) is 0 Å². The highest BCUT2D eigenvalue weighted by Gasteiger charge is 2.32. The molecule has 1 heterocycles. The Morgan fingerprint density at radius 3 is 2.33 bits per heavy atom. The molecule has 0 radical (unpaired) electrons. The van der Waals surface area contributed by atoms with Crippen LogP contribution in [0.5, 0.6) is 0 Å². The molecule has 0 spiro atoms. The molecule has 6 heteroatoms. The first-order valence-corrected chi connectivity index (χ1v) is 10.8. The molecule has 0 fully saturated rings. The van der Waals surface area contributed by atoms with Crippen molar-refractivity contribution < 1.29 is 13.2 Å². The van der Waals surface area contributed by atoms with E-state index in [1.54, 1.807) is 30.3 Å². The van der Waals surface area contributed by atoms with Crippen LogP contribution in [0.25, 0.3) is 0 Å². The van der Waals surface area contributed by atoms with Gasteiger partial charge in [0.2, 0.25) is 10.0 Å². The molecule has 144 valence electrons. The van der Waals surface area contributed by atoms with E-state index in [0.717, 1.165) is 17.9 Å². The summed E-state index contributed by atoms with van der Waals surface area (Å²) in [6, 6.07) is 18.6. The molecule has 0 unspecified atom stereocenters. The quantitative estimate of drug-likeness (QED) is 0.747. The van der Waals surface area contributed by atoms with Gasteiger partial charge in [0.15, 0.2) is 5.90 Å². The lowest BCUT2D eigenvalue weighted by atomic mass is 10.0. The van der Waals surface area contributed by atoms with Gasteiger partial charge in [-0.1, -0.05) is 55.5 Å². The molecule has 0 bridgehead atoms. The van der Waals surface area contributed by atoms with Crippen molar-refractivity contribution >= 4 is 15.9 Å². The Bertz CT molecular complexity index is 867. The fourth-order valence-corrected chi connectivity index (χ4v) is 4.34. The summed E-state index contributed by atoms with van der Waals surface area (Å²) in [4.78, 5) is 4.99. The lowest BCUT2D eigenvalue weighted by Crippen LogP contribution is -2.28. The number of sulfonamides is 1. The molecule has 0 saturated heterocycles. The average Bonchev–Trinajstić information content (AvgIpc) is 3.08. The van der Waals surface area contributed by atoms with E-state index in [1.807, 2.05) is 18.2 Å². The third kappa shape index (κ3) is 4.76. The molecule has 0 amide bonds. The third-order valence-corrected chi connectivity index (χ3v) is 6.30. The second-order valence-electron chi connectivity index (χ2n) is 6.76. The second kappa shape index (κ2) is 8.67. The van der Waals surface area contributed by atoms with Crippen molar-refractivity contribution in [1.29, 1.82) is 0 Å². The Hall–Kier alpha value is -2.18. The summed E-state index contributed by atoms with van der Waals surface area (Å²) in [5, 5.41) is 0. The van der Waals surface area contributed by atoms with Crippen LogP contribution in [0, 0.1) is 5.92 Å². The average molecular weight is 387 g/mol. The van der Waals surface area contributed by atoms with Crippen LogP contribution in [0.3, 0.4) is 0 Å². The largest absolute Gasteiger partial charge is 0.470 e. The molecule has 27 heavy (non-hydrogen) atoms. The van der Waals surface area contributed by atoms with Gasteiger partial charge >= 0.3 is 0 Å². The van der Waals surface area contributed by atoms with Gasteiger partial charge in [0.25, 0.3) is 0 Å². The molecule has 0 saturated carbocycles. The summed E-state index contributed by atoms with van der Waals surface area (Å²) >= 11 is 0. The van der Waals surface area contributed by atoms with Gasteiger partial charge in [-0.05, 0) is 37.5 Å². The Labute approximate surface area is 161 Å². The van der Waals surface area contributed by atoms with E-state index < -0.39 is 10.0 Å². The summed E-state index contributed by atoms with van der Waals surface area (Å²) in [5.74, 6) is 0.831. The van der Waals surface area contributed by atoms with Crippen LogP contribution in [0.15, 0.2) is 70.6 Å². The molecule has 0 aliphatic carbocycles. The summed E-state index contributed by atoms with van der Waals surface area (Å²) in [5.41, 5.74) is 1.11. The number of rotatable bonds is 8. The first-order valence-electron chi connectivity index (χ1n) is 9.35. The Kier molecular flexibility index (Phi) is 6.29.